The van der Waals surface area contributed by atoms with Crippen LogP contribution in [0, 0.1) is 0 Å². The van der Waals surface area contributed by atoms with E-state index in [0.29, 0.717) is 0 Å². The van der Waals surface area contributed by atoms with E-state index < -0.39 is 0 Å². The van der Waals surface area contributed by atoms with Crippen LogP contribution in [0.5, 0.6) is 0 Å². The first-order valence-electron chi connectivity index (χ1n) is 7.00. The van der Waals surface area contributed by atoms with Crippen LogP contribution in [0.4, 0.5) is 0 Å². The monoisotopic (exact) mass is 294 g/mol. The summed E-state index contributed by atoms with van der Waals surface area (Å²) in [5.41, 5.74) is 3.60. The molecule has 1 heterocycles. The number of benzene rings is 2. The molecule has 0 saturated carbocycles. The Kier molecular flexibility index (Phi) is 3.76. The summed E-state index contributed by atoms with van der Waals surface area (Å²) in [6.07, 6.45) is 0. The van der Waals surface area contributed by atoms with E-state index in [1.165, 1.54) is 16.5 Å². The fraction of sp³-hybridized carbons (Fsp3) is 0.167. The highest BCUT2D eigenvalue weighted by Crippen LogP contribution is 2.22. The van der Waals surface area contributed by atoms with Gasteiger partial charge in [0.2, 0.25) is 0 Å². The molecule has 106 valence electrons. The molecule has 21 heavy (non-hydrogen) atoms. The first-order valence-corrected chi connectivity index (χ1v) is 7.41. The number of nitrogens with zero attached hydrogens (tertiary/aromatic N) is 2. The second kappa shape index (κ2) is 5.70. The molecule has 1 aromatic heterocycles. The maximum atomic E-state index is 5.59. The average Bonchev–Trinajstić information content (AvgIpc) is 2.86. The minimum Gasteiger partial charge on any atom is -0.367 e. The smallest absolute Gasteiger partial charge is 0.125 e. The molecule has 0 radical (unpaired) electrons. The van der Waals surface area contributed by atoms with Gasteiger partial charge in [0.05, 0.1) is 5.69 Å². The Morgan fingerprint density at radius 1 is 1.00 bits per heavy atom. The van der Waals surface area contributed by atoms with Gasteiger partial charge >= 0.3 is 0 Å². The minimum atomic E-state index is 0.831. The molecule has 0 unspecified atom stereocenters. The summed E-state index contributed by atoms with van der Waals surface area (Å²) >= 11 is 5.59. The standard InChI is InChI=1S/C18H18N2S/c1-19(2)18(21)17-12-15-10-6-7-11-16(15)20(17)13-14-8-4-3-5-9-14/h3-12H,13H2,1-2H3. The Hall–Kier alpha value is -2.13. The molecule has 0 aliphatic carbocycles. The molecule has 3 aromatic rings. The summed E-state index contributed by atoms with van der Waals surface area (Å²) in [5.74, 6) is 0. The lowest BCUT2D eigenvalue weighted by molar-refractivity contribution is 0.629. The van der Waals surface area contributed by atoms with Crippen LogP contribution in [0.25, 0.3) is 10.9 Å². The summed E-state index contributed by atoms with van der Waals surface area (Å²) in [7, 11) is 3.99. The number of aromatic nitrogens is 1. The molecule has 0 fully saturated rings. The lowest BCUT2D eigenvalue weighted by Gasteiger charge is -2.17. The van der Waals surface area contributed by atoms with Crippen molar-refractivity contribution in [1.29, 1.82) is 0 Å². The van der Waals surface area contributed by atoms with Gasteiger partial charge in [0.25, 0.3) is 0 Å². The maximum absolute atomic E-state index is 5.59. The Labute approximate surface area is 130 Å². The van der Waals surface area contributed by atoms with Crippen LogP contribution in [0.1, 0.15) is 11.3 Å². The third kappa shape index (κ3) is 2.69. The van der Waals surface area contributed by atoms with Gasteiger partial charge in [0.1, 0.15) is 4.99 Å². The topological polar surface area (TPSA) is 8.17 Å². The fourth-order valence-corrected chi connectivity index (χ4v) is 2.72. The summed E-state index contributed by atoms with van der Waals surface area (Å²) in [6, 6.07) is 21.1. The van der Waals surface area contributed by atoms with Crippen LogP contribution in [0.15, 0.2) is 60.7 Å². The van der Waals surface area contributed by atoms with E-state index in [-0.39, 0.29) is 0 Å². The van der Waals surface area contributed by atoms with Gasteiger partial charge in [0.15, 0.2) is 0 Å². The van der Waals surface area contributed by atoms with E-state index in [9.17, 15) is 0 Å². The second-order valence-corrected chi connectivity index (χ2v) is 5.75. The van der Waals surface area contributed by atoms with Gasteiger partial charge in [-0.3, -0.25) is 0 Å². The van der Waals surface area contributed by atoms with Crippen LogP contribution in [0.3, 0.4) is 0 Å². The number of hydrogen-bond donors (Lipinski definition) is 0. The van der Waals surface area contributed by atoms with Crippen molar-refractivity contribution in [3.8, 4) is 0 Å². The average molecular weight is 294 g/mol. The van der Waals surface area contributed by atoms with Crippen molar-refractivity contribution in [1.82, 2.24) is 9.47 Å². The van der Waals surface area contributed by atoms with Crippen LogP contribution in [0.2, 0.25) is 0 Å². The van der Waals surface area contributed by atoms with Gasteiger partial charge < -0.3 is 9.47 Å². The normalized spacial score (nSPS) is 10.8. The number of para-hydroxylation sites is 1. The largest absolute Gasteiger partial charge is 0.367 e. The summed E-state index contributed by atoms with van der Waals surface area (Å²) in [5, 5.41) is 1.23. The van der Waals surface area contributed by atoms with Gasteiger partial charge in [-0.05, 0) is 17.7 Å². The van der Waals surface area contributed by atoms with Gasteiger partial charge in [-0.1, -0.05) is 60.7 Å². The van der Waals surface area contributed by atoms with E-state index in [0.717, 1.165) is 17.2 Å². The van der Waals surface area contributed by atoms with Crippen molar-refractivity contribution in [2.45, 2.75) is 6.54 Å². The molecule has 0 saturated heterocycles. The Morgan fingerprint density at radius 2 is 1.67 bits per heavy atom. The molecule has 0 aliphatic rings. The van der Waals surface area contributed by atoms with E-state index in [4.69, 9.17) is 12.2 Å². The highest BCUT2D eigenvalue weighted by molar-refractivity contribution is 7.80. The molecule has 0 aliphatic heterocycles. The Bertz CT molecular complexity index is 772. The highest BCUT2D eigenvalue weighted by atomic mass is 32.1. The van der Waals surface area contributed by atoms with E-state index in [2.05, 4.69) is 59.2 Å². The van der Waals surface area contributed by atoms with Gasteiger partial charge in [0, 0.05) is 31.5 Å². The Morgan fingerprint density at radius 3 is 2.38 bits per heavy atom. The molecule has 2 aromatic carbocycles. The Balaban J connectivity index is 2.14. The zero-order chi connectivity index (χ0) is 14.8. The van der Waals surface area contributed by atoms with Gasteiger partial charge in [-0.2, -0.15) is 0 Å². The molecular formula is C18H18N2S. The zero-order valence-corrected chi connectivity index (χ0v) is 13.1. The number of fused-ring (bicyclic) bond motifs is 1. The van der Waals surface area contributed by atoms with Crippen molar-refractivity contribution in [2.24, 2.45) is 0 Å². The molecule has 3 rings (SSSR count). The van der Waals surface area contributed by atoms with Crippen LogP contribution < -0.4 is 0 Å². The minimum absolute atomic E-state index is 0.831. The van der Waals surface area contributed by atoms with Crippen LogP contribution >= 0.6 is 12.2 Å². The summed E-state index contributed by atoms with van der Waals surface area (Å²) in [6.45, 7) is 0.831. The lowest BCUT2D eigenvalue weighted by Crippen LogP contribution is -2.23. The first kappa shape index (κ1) is 13.8. The third-order valence-electron chi connectivity index (χ3n) is 3.62. The number of thiocarbonyl (C=S) groups is 1. The molecule has 0 bridgehead atoms. The lowest BCUT2D eigenvalue weighted by atomic mass is 10.2. The van der Waals surface area contributed by atoms with Crippen LogP contribution in [-0.4, -0.2) is 28.6 Å². The second-order valence-electron chi connectivity index (χ2n) is 5.36. The third-order valence-corrected chi connectivity index (χ3v) is 4.19. The van der Waals surface area contributed by atoms with Crippen molar-refractivity contribution in [3.05, 3.63) is 71.9 Å². The molecule has 0 amide bonds. The quantitative estimate of drug-likeness (QED) is 0.676. The number of rotatable bonds is 3. The molecule has 2 nitrogen and oxygen atoms in total. The van der Waals surface area contributed by atoms with Crippen molar-refractivity contribution < 1.29 is 0 Å². The molecular weight excluding hydrogens is 276 g/mol. The molecule has 0 spiro atoms. The zero-order valence-electron chi connectivity index (χ0n) is 12.3. The van der Waals surface area contributed by atoms with E-state index in [1.54, 1.807) is 0 Å². The van der Waals surface area contributed by atoms with Crippen molar-refractivity contribution in [3.63, 3.8) is 0 Å². The summed E-state index contributed by atoms with van der Waals surface area (Å²) in [4.78, 5) is 2.85. The molecule has 0 atom stereocenters. The van der Waals surface area contributed by atoms with E-state index in [1.807, 2.05) is 25.1 Å². The fourth-order valence-electron chi connectivity index (χ4n) is 2.55. The van der Waals surface area contributed by atoms with Gasteiger partial charge in [-0.25, -0.2) is 0 Å². The predicted octanol–water partition coefficient (Wildman–Crippen LogP) is 3.93. The summed E-state index contributed by atoms with van der Waals surface area (Å²) < 4.78 is 2.30. The maximum Gasteiger partial charge on any atom is 0.125 e. The number of hydrogen-bond acceptors (Lipinski definition) is 1. The van der Waals surface area contributed by atoms with Crippen molar-refractivity contribution >= 4 is 28.1 Å². The highest BCUT2D eigenvalue weighted by Gasteiger charge is 2.14. The van der Waals surface area contributed by atoms with E-state index >= 15 is 0 Å². The van der Waals surface area contributed by atoms with Crippen LogP contribution in [-0.2, 0) is 6.54 Å². The predicted molar refractivity (Wildman–Crippen MR) is 92.9 cm³/mol. The van der Waals surface area contributed by atoms with Crippen molar-refractivity contribution in [2.75, 3.05) is 14.1 Å². The first-order chi connectivity index (χ1) is 10.2. The molecule has 3 heteroatoms. The van der Waals surface area contributed by atoms with Gasteiger partial charge in [-0.15, -0.1) is 0 Å². The SMILES string of the molecule is CN(C)C(=S)c1cc2ccccc2n1Cc1ccccc1. The molecule has 0 N–H and O–H groups in total.